The van der Waals surface area contributed by atoms with E-state index in [0.29, 0.717) is 49.9 Å². The van der Waals surface area contributed by atoms with Crippen LogP contribution in [0.3, 0.4) is 0 Å². The summed E-state index contributed by atoms with van der Waals surface area (Å²) in [4.78, 5) is 27.1. The van der Waals surface area contributed by atoms with Crippen molar-refractivity contribution in [3.8, 4) is 0 Å². The van der Waals surface area contributed by atoms with Crippen molar-refractivity contribution >= 4 is 12.0 Å². The Morgan fingerprint density at radius 3 is 1.91 bits per heavy atom. The van der Waals surface area contributed by atoms with Gasteiger partial charge in [0.2, 0.25) is 0 Å². The van der Waals surface area contributed by atoms with Gasteiger partial charge in [-0.2, -0.15) is 13.2 Å². The van der Waals surface area contributed by atoms with Gasteiger partial charge in [0.25, 0.3) is 5.91 Å². The number of benzene rings is 2. The van der Waals surface area contributed by atoms with E-state index in [9.17, 15) is 27.9 Å². The second-order valence-electron chi connectivity index (χ2n) is 9.06. The van der Waals surface area contributed by atoms with Gasteiger partial charge in [0, 0.05) is 31.7 Å². The lowest BCUT2D eigenvalue weighted by molar-refractivity contribution is -0.137. The summed E-state index contributed by atoms with van der Waals surface area (Å²) < 4.78 is 38.3. The van der Waals surface area contributed by atoms with E-state index >= 15 is 0 Å². The molecule has 2 aliphatic rings. The van der Waals surface area contributed by atoms with E-state index in [1.807, 2.05) is 0 Å². The average Bonchev–Trinajstić information content (AvgIpc) is 2.83. The zero-order chi connectivity index (χ0) is 24.5. The maximum atomic E-state index is 12.9. The second kappa shape index (κ2) is 9.29. The van der Waals surface area contributed by atoms with Crippen molar-refractivity contribution in [2.24, 2.45) is 0 Å². The SMILES string of the molecule is O=C(O)N1CCC(O)(c2ccc(C(=O)N3CCC(c4ccc(C(F)(F)F)cc4)CC3)cc2)CC1. The van der Waals surface area contributed by atoms with Crippen LogP contribution in [0.25, 0.3) is 0 Å². The minimum atomic E-state index is -4.35. The molecule has 34 heavy (non-hydrogen) atoms. The number of likely N-dealkylation sites (tertiary alicyclic amines) is 2. The van der Waals surface area contributed by atoms with E-state index in [0.717, 1.165) is 17.7 Å². The number of piperidine rings is 2. The number of rotatable bonds is 3. The Labute approximate surface area is 195 Å². The zero-order valence-corrected chi connectivity index (χ0v) is 18.6. The highest BCUT2D eigenvalue weighted by Gasteiger charge is 2.36. The van der Waals surface area contributed by atoms with Crippen LogP contribution in [-0.4, -0.2) is 58.2 Å². The first kappa shape index (κ1) is 24.1. The van der Waals surface area contributed by atoms with Crippen molar-refractivity contribution in [3.63, 3.8) is 0 Å². The van der Waals surface area contributed by atoms with Gasteiger partial charge >= 0.3 is 12.3 Å². The minimum Gasteiger partial charge on any atom is -0.465 e. The molecule has 4 rings (SSSR count). The summed E-state index contributed by atoms with van der Waals surface area (Å²) in [7, 11) is 0. The molecule has 0 aromatic heterocycles. The summed E-state index contributed by atoms with van der Waals surface area (Å²) >= 11 is 0. The number of alkyl halides is 3. The van der Waals surface area contributed by atoms with Crippen molar-refractivity contribution in [1.29, 1.82) is 0 Å². The molecule has 0 unspecified atom stereocenters. The van der Waals surface area contributed by atoms with E-state index in [1.165, 1.54) is 17.0 Å². The Morgan fingerprint density at radius 2 is 1.41 bits per heavy atom. The monoisotopic (exact) mass is 476 g/mol. The molecule has 2 fully saturated rings. The Hall–Kier alpha value is -3.07. The van der Waals surface area contributed by atoms with Gasteiger partial charge in [-0.05, 0) is 67.0 Å². The molecule has 2 N–H and O–H groups in total. The molecule has 0 spiro atoms. The lowest BCUT2D eigenvalue weighted by Crippen LogP contribution is -2.44. The summed E-state index contributed by atoms with van der Waals surface area (Å²) in [6.45, 7) is 1.53. The smallest absolute Gasteiger partial charge is 0.416 e. The first-order valence-electron chi connectivity index (χ1n) is 11.3. The molecule has 2 saturated heterocycles. The van der Waals surface area contributed by atoms with E-state index < -0.39 is 23.4 Å². The van der Waals surface area contributed by atoms with Crippen LogP contribution in [0.4, 0.5) is 18.0 Å². The summed E-state index contributed by atoms with van der Waals surface area (Å²) in [5.74, 6) is -0.00951. The quantitative estimate of drug-likeness (QED) is 0.674. The zero-order valence-electron chi connectivity index (χ0n) is 18.6. The predicted molar refractivity (Wildman–Crippen MR) is 118 cm³/mol. The highest BCUT2D eigenvalue weighted by atomic mass is 19.4. The molecule has 0 aliphatic carbocycles. The second-order valence-corrected chi connectivity index (χ2v) is 9.06. The number of nitrogens with zero attached hydrogens (tertiary/aromatic N) is 2. The highest BCUT2D eigenvalue weighted by Crippen LogP contribution is 2.35. The van der Waals surface area contributed by atoms with Gasteiger partial charge in [0.15, 0.2) is 0 Å². The number of carbonyl (C=O) groups is 2. The molecular weight excluding hydrogens is 449 g/mol. The number of carbonyl (C=O) groups excluding carboxylic acids is 1. The van der Waals surface area contributed by atoms with Gasteiger partial charge in [-0.3, -0.25) is 4.79 Å². The maximum absolute atomic E-state index is 12.9. The molecule has 9 heteroatoms. The van der Waals surface area contributed by atoms with Crippen LogP contribution in [0.15, 0.2) is 48.5 Å². The van der Waals surface area contributed by atoms with Gasteiger partial charge in [-0.15, -0.1) is 0 Å². The average molecular weight is 476 g/mol. The normalized spacial score (nSPS) is 19.2. The fourth-order valence-electron chi connectivity index (χ4n) is 4.82. The number of aliphatic hydroxyl groups is 1. The standard InChI is InChI=1S/C25H27F3N2O4/c26-25(27,28)21-7-1-17(2-8-21)18-9-13-29(14-10-18)22(31)19-3-5-20(6-4-19)24(34)11-15-30(16-12-24)23(32)33/h1-8,18,34H,9-16H2,(H,32,33). The van der Waals surface area contributed by atoms with Crippen LogP contribution in [0.1, 0.15) is 58.6 Å². The van der Waals surface area contributed by atoms with Gasteiger partial charge in [-0.1, -0.05) is 24.3 Å². The van der Waals surface area contributed by atoms with E-state index in [-0.39, 0.29) is 24.9 Å². The molecule has 2 aromatic carbocycles. The lowest BCUT2D eigenvalue weighted by Gasteiger charge is -2.37. The topological polar surface area (TPSA) is 81.1 Å². The third-order valence-corrected chi connectivity index (χ3v) is 7.02. The Kier molecular flexibility index (Phi) is 6.58. The van der Waals surface area contributed by atoms with Crippen LogP contribution in [0, 0.1) is 0 Å². The first-order chi connectivity index (χ1) is 16.1. The summed E-state index contributed by atoms with van der Waals surface area (Å²) in [6.07, 6.45) is -3.40. The fraction of sp³-hybridized carbons (Fsp3) is 0.440. The molecule has 0 saturated carbocycles. The van der Waals surface area contributed by atoms with Crippen LogP contribution < -0.4 is 0 Å². The number of halogens is 3. The molecular formula is C25H27F3N2O4. The number of hydrogen-bond acceptors (Lipinski definition) is 3. The number of carboxylic acid groups (broad SMARTS) is 1. The summed E-state index contributed by atoms with van der Waals surface area (Å²) in [6, 6.07) is 12.1. The van der Waals surface area contributed by atoms with Crippen molar-refractivity contribution in [3.05, 3.63) is 70.8 Å². The highest BCUT2D eigenvalue weighted by molar-refractivity contribution is 5.94. The van der Waals surface area contributed by atoms with Crippen LogP contribution in [-0.2, 0) is 11.8 Å². The summed E-state index contributed by atoms with van der Waals surface area (Å²) in [5, 5.41) is 20.0. The molecule has 2 aromatic rings. The predicted octanol–water partition coefficient (Wildman–Crippen LogP) is 4.69. The lowest BCUT2D eigenvalue weighted by atomic mass is 9.84. The van der Waals surface area contributed by atoms with Gasteiger partial charge in [0.1, 0.15) is 0 Å². The van der Waals surface area contributed by atoms with E-state index in [2.05, 4.69) is 0 Å². The Bertz CT molecular complexity index is 1020. The van der Waals surface area contributed by atoms with E-state index in [1.54, 1.807) is 29.2 Å². The molecule has 2 aliphatic heterocycles. The third-order valence-electron chi connectivity index (χ3n) is 7.02. The first-order valence-corrected chi connectivity index (χ1v) is 11.3. The third kappa shape index (κ3) is 5.04. The van der Waals surface area contributed by atoms with Crippen molar-refractivity contribution in [2.75, 3.05) is 26.2 Å². The minimum absolute atomic E-state index is 0.111. The molecule has 2 amide bonds. The van der Waals surface area contributed by atoms with Crippen molar-refractivity contribution in [1.82, 2.24) is 9.80 Å². The van der Waals surface area contributed by atoms with E-state index in [4.69, 9.17) is 5.11 Å². The number of amides is 2. The molecule has 0 atom stereocenters. The molecule has 2 heterocycles. The molecule has 6 nitrogen and oxygen atoms in total. The van der Waals surface area contributed by atoms with Gasteiger partial charge in [0.05, 0.1) is 11.2 Å². The Morgan fingerprint density at radius 1 is 0.853 bits per heavy atom. The molecule has 182 valence electrons. The molecule has 0 radical (unpaired) electrons. The Balaban J connectivity index is 1.34. The summed E-state index contributed by atoms with van der Waals surface area (Å²) in [5.41, 5.74) is 0.238. The molecule has 0 bridgehead atoms. The van der Waals surface area contributed by atoms with Crippen LogP contribution in [0.5, 0.6) is 0 Å². The van der Waals surface area contributed by atoms with Crippen LogP contribution >= 0.6 is 0 Å². The van der Waals surface area contributed by atoms with Gasteiger partial charge < -0.3 is 20.0 Å². The van der Waals surface area contributed by atoms with Gasteiger partial charge in [-0.25, -0.2) is 4.79 Å². The fourth-order valence-corrected chi connectivity index (χ4v) is 4.82. The number of hydrogen-bond donors (Lipinski definition) is 2. The van der Waals surface area contributed by atoms with Crippen LogP contribution in [0.2, 0.25) is 0 Å². The van der Waals surface area contributed by atoms with Crippen molar-refractivity contribution < 1.29 is 33.0 Å². The largest absolute Gasteiger partial charge is 0.465 e. The van der Waals surface area contributed by atoms with Crippen molar-refractivity contribution in [2.45, 2.75) is 43.4 Å². The maximum Gasteiger partial charge on any atom is 0.416 e.